The lowest BCUT2D eigenvalue weighted by Gasteiger charge is -2.31. The highest BCUT2D eigenvalue weighted by Gasteiger charge is 2.25. The number of nitrogens with zero attached hydrogens (tertiary/aromatic N) is 1. The van der Waals surface area contributed by atoms with Crippen LogP contribution in [0.4, 0.5) is 0 Å². The second-order valence-corrected chi connectivity index (χ2v) is 4.02. The third-order valence-corrected chi connectivity index (χ3v) is 2.65. The van der Waals surface area contributed by atoms with Gasteiger partial charge in [-0.05, 0) is 6.92 Å². The summed E-state index contributed by atoms with van der Waals surface area (Å²) in [5, 5.41) is 6.51. The predicted molar refractivity (Wildman–Crippen MR) is 58.8 cm³/mol. The molecule has 2 atom stereocenters. The molecule has 0 aromatic rings. The fraction of sp³-hybridized carbons (Fsp3) is 0.900. The minimum absolute atomic E-state index is 0.0944. The van der Waals surface area contributed by atoms with Crippen LogP contribution in [0.2, 0.25) is 0 Å². The molecule has 0 saturated carbocycles. The van der Waals surface area contributed by atoms with Gasteiger partial charge < -0.3 is 20.3 Å². The minimum Gasteiger partial charge on any atom is -0.383 e. The van der Waals surface area contributed by atoms with E-state index in [-0.39, 0.29) is 11.9 Å². The second kappa shape index (κ2) is 6.05. The van der Waals surface area contributed by atoms with Crippen molar-refractivity contribution in [2.24, 2.45) is 0 Å². The van der Waals surface area contributed by atoms with Crippen LogP contribution in [0.25, 0.3) is 0 Å². The number of amides is 1. The molecule has 0 aliphatic carbocycles. The first-order valence-electron chi connectivity index (χ1n) is 5.36. The molecule has 0 bridgehead atoms. The number of methoxy groups -OCH3 is 1. The molecule has 0 aromatic carbocycles. The van der Waals surface area contributed by atoms with Gasteiger partial charge in [-0.3, -0.25) is 4.79 Å². The molecule has 0 spiro atoms. The van der Waals surface area contributed by atoms with Crippen molar-refractivity contribution >= 4 is 5.91 Å². The van der Waals surface area contributed by atoms with Gasteiger partial charge in [0.2, 0.25) is 5.91 Å². The Balaban J connectivity index is 2.32. The third kappa shape index (κ3) is 3.77. The number of ether oxygens (including phenoxy) is 1. The normalized spacial score (nSPS) is 26.3. The average Bonchev–Trinajstić information content (AvgIpc) is 2.26. The van der Waals surface area contributed by atoms with Gasteiger partial charge >= 0.3 is 0 Å². The molecule has 1 aliphatic heterocycles. The van der Waals surface area contributed by atoms with Gasteiger partial charge in [-0.2, -0.15) is 0 Å². The number of carbonyl (C=O) groups is 1. The summed E-state index contributed by atoms with van der Waals surface area (Å²) in [5.74, 6) is 0.131. The van der Waals surface area contributed by atoms with Crippen molar-refractivity contribution < 1.29 is 9.53 Å². The van der Waals surface area contributed by atoms with E-state index in [9.17, 15) is 4.79 Å². The maximum Gasteiger partial charge on any atom is 0.240 e. The van der Waals surface area contributed by atoms with E-state index in [1.807, 2.05) is 0 Å². The van der Waals surface area contributed by atoms with E-state index in [1.54, 1.807) is 19.1 Å². The van der Waals surface area contributed by atoms with Crippen LogP contribution in [-0.2, 0) is 9.53 Å². The van der Waals surface area contributed by atoms with E-state index in [0.29, 0.717) is 25.7 Å². The largest absolute Gasteiger partial charge is 0.383 e. The van der Waals surface area contributed by atoms with E-state index in [2.05, 4.69) is 17.6 Å². The first kappa shape index (κ1) is 12.4. The van der Waals surface area contributed by atoms with E-state index in [1.165, 1.54) is 0 Å². The van der Waals surface area contributed by atoms with Crippen molar-refractivity contribution in [2.75, 3.05) is 40.4 Å². The lowest BCUT2D eigenvalue weighted by Crippen LogP contribution is -2.59. The van der Waals surface area contributed by atoms with E-state index in [4.69, 9.17) is 4.74 Å². The van der Waals surface area contributed by atoms with E-state index in [0.717, 1.165) is 6.54 Å². The van der Waals surface area contributed by atoms with Crippen molar-refractivity contribution in [2.45, 2.75) is 19.0 Å². The van der Waals surface area contributed by atoms with Gasteiger partial charge in [0.15, 0.2) is 0 Å². The summed E-state index contributed by atoms with van der Waals surface area (Å²) < 4.78 is 4.94. The molecule has 1 heterocycles. The zero-order valence-electron chi connectivity index (χ0n) is 9.75. The Labute approximate surface area is 91.2 Å². The highest BCUT2D eigenvalue weighted by atomic mass is 16.5. The van der Waals surface area contributed by atoms with Gasteiger partial charge in [-0.15, -0.1) is 0 Å². The Hall–Kier alpha value is -0.650. The molecule has 1 aliphatic rings. The number of hydrogen-bond donors (Lipinski definition) is 2. The Morgan fingerprint density at radius 1 is 1.47 bits per heavy atom. The number of rotatable bonds is 4. The SMILES string of the molecule is COCCN(C)C(=O)C1CNC(C)CN1. The summed E-state index contributed by atoms with van der Waals surface area (Å²) in [5.41, 5.74) is 0. The Bertz CT molecular complexity index is 203. The van der Waals surface area contributed by atoms with Crippen LogP contribution in [0.5, 0.6) is 0 Å². The molecule has 2 N–H and O–H groups in total. The molecule has 1 fully saturated rings. The monoisotopic (exact) mass is 215 g/mol. The lowest BCUT2D eigenvalue weighted by atomic mass is 10.1. The average molecular weight is 215 g/mol. The van der Waals surface area contributed by atoms with Crippen LogP contribution in [0.3, 0.4) is 0 Å². The highest BCUT2D eigenvalue weighted by Crippen LogP contribution is 1.97. The Morgan fingerprint density at radius 3 is 2.73 bits per heavy atom. The molecule has 0 radical (unpaired) electrons. The molecular formula is C10H21N3O2. The summed E-state index contributed by atoms with van der Waals surface area (Å²) in [6, 6.07) is 0.349. The van der Waals surface area contributed by atoms with Gasteiger partial charge in [0, 0.05) is 39.8 Å². The fourth-order valence-corrected chi connectivity index (χ4v) is 1.56. The molecule has 0 aromatic heterocycles. The van der Waals surface area contributed by atoms with Gasteiger partial charge in [0.1, 0.15) is 0 Å². The number of carbonyl (C=O) groups excluding carboxylic acids is 1. The first-order chi connectivity index (χ1) is 7.15. The first-order valence-corrected chi connectivity index (χ1v) is 5.36. The summed E-state index contributed by atoms with van der Waals surface area (Å²) in [6.45, 7) is 4.87. The minimum atomic E-state index is -0.0944. The molecule has 5 heteroatoms. The number of likely N-dealkylation sites (N-methyl/N-ethyl adjacent to an activating group) is 1. The van der Waals surface area contributed by atoms with Gasteiger partial charge in [-0.25, -0.2) is 0 Å². The van der Waals surface area contributed by atoms with Crippen molar-refractivity contribution in [3.63, 3.8) is 0 Å². The summed E-state index contributed by atoms with van der Waals surface area (Å²) in [7, 11) is 3.45. The zero-order valence-corrected chi connectivity index (χ0v) is 9.75. The van der Waals surface area contributed by atoms with Crippen molar-refractivity contribution in [3.05, 3.63) is 0 Å². The molecule has 15 heavy (non-hydrogen) atoms. The van der Waals surface area contributed by atoms with Crippen LogP contribution < -0.4 is 10.6 Å². The topological polar surface area (TPSA) is 53.6 Å². The number of piperazine rings is 1. The lowest BCUT2D eigenvalue weighted by molar-refractivity contribution is -0.133. The summed E-state index contributed by atoms with van der Waals surface area (Å²) in [6.07, 6.45) is 0. The molecule has 5 nitrogen and oxygen atoms in total. The molecule has 1 saturated heterocycles. The highest BCUT2D eigenvalue weighted by molar-refractivity contribution is 5.82. The molecule has 1 rings (SSSR count). The zero-order chi connectivity index (χ0) is 11.3. The van der Waals surface area contributed by atoms with Crippen LogP contribution >= 0.6 is 0 Å². The second-order valence-electron chi connectivity index (χ2n) is 4.02. The fourth-order valence-electron chi connectivity index (χ4n) is 1.56. The van der Waals surface area contributed by atoms with E-state index < -0.39 is 0 Å². The van der Waals surface area contributed by atoms with Crippen LogP contribution in [-0.4, -0.2) is 63.3 Å². The number of nitrogens with one attached hydrogen (secondary N) is 2. The van der Waals surface area contributed by atoms with Crippen LogP contribution in [0.1, 0.15) is 6.92 Å². The maximum atomic E-state index is 11.9. The quantitative estimate of drug-likeness (QED) is 0.634. The molecular weight excluding hydrogens is 194 g/mol. The Morgan fingerprint density at radius 2 is 2.20 bits per heavy atom. The van der Waals surface area contributed by atoms with E-state index >= 15 is 0 Å². The molecule has 1 amide bonds. The molecule has 88 valence electrons. The number of hydrogen-bond acceptors (Lipinski definition) is 4. The standard InChI is InChI=1S/C10H21N3O2/c1-8-6-12-9(7-11-8)10(14)13(2)4-5-15-3/h8-9,11-12H,4-7H2,1-3H3. The summed E-state index contributed by atoms with van der Waals surface area (Å²) in [4.78, 5) is 13.6. The van der Waals surface area contributed by atoms with Gasteiger partial charge in [0.05, 0.1) is 12.6 Å². The van der Waals surface area contributed by atoms with Crippen molar-refractivity contribution in [1.29, 1.82) is 0 Å². The third-order valence-electron chi connectivity index (χ3n) is 2.65. The van der Waals surface area contributed by atoms with Crippen molar-refractivity contribution in [1.82, 2.24) is 15.5 Å². The predicted octanol–water partition coefficient (Wildman–Crippen LogP) is -0.959. The van der Waals surface area contributed by atoms with Crippen molar-refractivity contribution in [3.8, 4) is 0 Å². The van der Waals surface area contributed by atoms with Gasteiger partial charge in [0.25, 0.3) is 0 Å². The Kier molecular flexibility index (Phi) is 5.01. The van der Waals surface area contributed by atoms with Crippen LogP contribution in [0, 0.1) is 0 Å². The molecule has 2 unspecified atom stereocenters. The maximum absolute atomic E-state index is 11.9. The van der Waals surface area contributed by atoms with Gasteiger partial charge in [-0.1, -0.05) is 0 Å². The summed E-state index contributed by atoms with van der Waals surface area (Å²) >= 11 is 0. The van der Waals surface area contributed by atoms with Crippen LogP contribution in [0.15, 0.2) is 0 Å². The smallest absolute Gasteiger partial charge is 0.240 e.